The molecule has 0 spiro atoms. The lowest BCUT2D eigenvalue weighted by atomic mass is 10.1. The number of carbonyl (C=O) groups is 1. The lowest BCUT2D eigenvalue weighted by Gasteiger charge is -2.15. The van der Waals surface area contributed by atoms with Gasteiger partial charge in [0.25, 0.3) is 0 Å². The number of aliphatic hydroxyl groups is 1. The fourth-order valence-corrected chi connectivity index (χ4v) is 3.03. The van der Waals surface area contributed by atoms with Gasteiger partial charge in [-0.15, -0.1) is 0 Å². The van der Waals surface area contributed by atoms with Crippen LogP contribution in [-0.4, -0.2) is 28.2 Å². The highest BCUT2D eigenvalue weighted by atomic mass is 16.3. The smallest absolute Gasteiger partial charge is 0.239 e. The molecule has 130 valence electrons. The molecule has 5 nitrogen and oxygen atoms in total. The van der Waals surface area contributed by atoms with Crippen LogP contribution in [-0.2, 0) is 11.3 Å². The van der Waals surface area contributed by atoms with Crippen molar-refractivity contribution in [3.8, 4) is 0 Å². The number of nitrogens with one attached hydrogen (secondary N) is 1. The molecular formula is C20H22N2O3. The summed E-state index contributed by atoms with van der Waals surface area (Å²) in [6.07, 6.45) is 0.813. The van der Waals surface area contributed by atoms with Crippen molar-refractivity contribution in [3.05, 3.63) is 58.8 Å². The average Bonchev–Trinajstić information content (AvgIpc) is 2.65. The Balaban J connectivity index is 1.95. The quantitative estimate of drug-likeness (QED) is 0.678. The van der Waals surface area contributed by atoms with Crippen molar-refractivity contribution in [2.45, 2.75) is 32.4 Å². The summed E-state index contributed by atoms with van der Waals surface area (Å²) >= 11 is 0. The van der Waals surface area contributed by atoms with Gasteiger partial charge < -0.3 is 15.0 Å². The number of pyridine rings is 1. The van der Waals surface area contributed by atoms with Crippen LogP contribution in [0.1, 0.15) is 19.8 Å². The number of rotatable bonds is 6. The second kappa shape index (κ2) is 7.49. The second-order valence-corrected chi connectivity index (χ2v) is 6.15. The third kappa shape index (κ3) is 3.56. The lowest BCUT2D eigenvalue weighted by molar-refractivity contribution is -0.121. The first-order valence-corrected chi connectivity index (χ1v) is 8.57. The molecule has 0 aliphatic carbocycles. The average molecular weight is 338 g/mol. The Bertz CT molecular complexity index is 902. The third-order valence-electron chi connectivity index (χ3n) is 4.45. The standard InChI is InChI=1S/C20H22N2O3/c1-2-14(23)11-12-21-19(24)13-22-17-9-5-3-7-15(17)20(25)16-8-4-6-10-18(16)22/h3-10,14,23H,2,11-13H2,1H3,(H,21,24). The Morgan fingerprint density at radius 1 is 1.08 bits per heavy atom. The Morgan fingerprint density at radius 2 is 1.64 bits per heavy atom. The predicted molar refractivity (Wildman–Crippen MR) is 99.6 cm³/mol. The molecule has 2 aromatic carbocycles. The van der Waals surface area contributed by atoms with Gasteiger partial charge in [-0.1, -0.05) is 31.2 Å². The number of hydrogen-bond donors (Lipinski definition) is 2. The van der Waals surface area contributed by atoms with E-state index in [-0.39, 0.29) is 17.9 Å². The fraction of sp³-hybridized carbons (Fsp3) is 0.300. The van der Waals surface area contributed by atoms with Gasteiger partial charge in [-0.3, -0.25) is 9.59 Å². The van der Waals surface area contributed by atoms with E-state index in [9.17, 15) is 14.7 Å². The molecule has 3 rings (SSSR count). The van der Waals surface area contributed by atoms with Gasteiger partial charge in [0.15, 0.2) is 5.43 Å². The van der Waals surface area contributed by atoms with Gasteiger partial charge in [0.1, 0.15) is 6.54 Å². The van der Waals surface area contributed by atoms with Crippen molar-refractivity contribution < 1.29 is 9.90 Å². The summed E-state index contributed by atoms with van der Waals surface area (Å²) in [7, 11) is 0. The van der Waals surface area contributed by atoms with Gasteiger partial charge in [0.05, 0.1) is 17.1 Å². The van der Waals surface area contributed by atoms with E-state index >= 15 is 0 Å². The highest BCUT2D eigenvalue weighted by molar-refractivity contribution is 5.94. The molecule has 1 atom stereocenters. The number of fused-ring (bicyclic) bond motifs is 2. The number of hydrogen-bond acceptors (Lipinski definition) is 3. The van der Waals surface area contributed by atoms with Crippen LogP contribution in [0.25, 0.3) is 21.8 Å². The van der Waals surface area contributed by atoms with Crippen LogP contribution in [0.15, 0.2) is 53.3 Å². The molecule has 0 aliphatic heterocycles. The molecule has 0 aliphatic rings. The summed E-state index contributed by atoms with van der Waals surface area (Å²) in [5, 5.41) is 13.6. The maximum absolute atomic E-state index is 12.7. The van der Waals surface area contributed by atoms with E-state index in [1.165, 1.54) is 0 Å². The van der Waals surface area contributed by atoms with Gasteiger partial charge in [0.2, 0.25) is 5.91 Å². The van der Waals surface area contributed by atoms with Crippen LogP contribution in [0.5, 0.6) is 0 Å². The number of aliphatic hydroxyl groups excluding tert-OH is 1. The van der Waals surface area contributed by atoms with Crippen LogP contribution in [0.2, 0.25) is 0 Å². The van der Waals surface area contributed by atoms with Gasteiger partial charge in [-0.2, -0.15) is 0 Å². The normalized spacial score (nSPS) is 12.4. The number of amides is 1. The number of para-hydroxylation sites is 2. The van der Waals surface area contributed by atoms with E-state index in [2.05, 4.69) is 5.32 Å². The molecule has 0 saturated carbocycles. The first kappa shape index (κ1) is 17.2. The summed E-state index contributed by atoms with van der Waals surface area (Å²) < 4.78 is 1.87. The number of nitrogens with zero attached hydrogens (tertiary/aromatic N) is 1. The van der Waals surface area contributed by atoms with Gasteiger partial charge >= 0.3 is 0 Å². The molecule has 1 unspecified atom stereocenters. The minimum Gasteiger partial charge on any atom is -0.393 e. The zero-order chi connectivity index (χ0) is 17.8. The van der Waals surface area contributed by atoms with Crippen molar-refractivity contribution in [2.24, 2.45) is 0 Å². The topological polar surface area (TPSA) is 71.3 Å². The largest absolute Gasteiger partial charge is 0.393 e. The molecule has 1 aromatic heterocycles. The van der Waals surface area contributed by atoms with Crippen LogP contribution in [0.4, 0.5) is 0 Å². The Morgan fingerprint density at radius 3 is 2.20 bits per heavy atom. The molecule has 5 heteroatoms. The minimum atomic E-state index is -0.394. The molecular weight excluding hydrogens is 316 g/mol. The predicted octanol–water partition coefficient (Wildman–Crippen LogP) is 2.43. The van der Waals surface area contributed by atoms with E-state index in [1.54, 1.807) is 12.1 Å². The van der Waals surface area contributed by atoms with Crippen LogP contribution >= 0.6 is 0 Å². The highest BCUT2D eigenvalue weighted by Crippen LogP contribution is 2.18. The van der Waals surface area contributed by atoms with E-state index in [0.29, 0.717) is 30.2 Å². The Kier molecular flexibility index (Phi) is 5.14. The minimum absolute atomic E-state index is 0.0195. The maximum atomic E-state index is 12.7. The van der Waals surface area contributed by atoms with E-state index in [4.69, 9.17) is 0 Å². The zero-order valence-corrected chi connectivity index (χ0v) is 14.2. The highest BCUT2D eigenvalue weighted by Gasteiger charge is 2.12. The van der Waals surface area contributed by atoms with E-state index < -0.39 is 6.10 Å². The van der Waals surface area contributed by atoms with Crippen LogP contribution < -0.4 is 10.7 Å². The molecule has 1 heterocycles. The summed E-state index contributed by atoms with van der Waals surface area (Å²) in [5.41, 5.74) is 1.47. The van der Waals surface area contributed by atoms with E-state index in [1.807, 2.05) is 47.9 Å². The van der Waals surface area contributed by atoms with Gasteiger partial charge in [-0.05, 0) is 37.1 Å². The zero-order valence-electron chi connectivity index (χ0n) is 14.2. The molecule has 1 amide bonds. The molecule has 0 fully saturated rings. The third-order valence-corrected chi connectivity index (χ3v) is 4.45. The summed E-state index contributed by atoms with van der Waals surface area (Å²) in [5.74, 6) is -0.137. The molecule has 3 aromatic rings. The second-order valence-electron chi connectivity index (χ2n) is 6.15. The molecule has 0 saturated heterocycles. The van der Waals surface area contributed by atoms with Gasteiger partial charge in [0, 0.05) is 17.3 Å². The van der Waals surface area contributed by atoms with Crippen LogP contribution in [0.3, 0.4) is 0 Å². The maximum Gasteiger partial charge on any atom is 0.239 e. The van der Waals surface area contributed by atoms with Crippen LogP contribution in [0, 0.1) is 0 Å². The Labute approximate surface area is 145 Å². The van der Waals surface area contributed by atoms with Crippen molar-refractivity contribution >= 4 is 27.7 Å². The van der Waals surface area contributed by atoms with Crippen molar-refractivity contribution in [2.75, 3.05) is 6.54 Å². The summed E-state index contributed by atoms with van der Waals surface area (Å²) in [6.45, 7) is 2.47. The van der Waals surface area contributed by atoms with Gasteiger partial charge in [-0.25, -0.2) is 0 Å². The molecule has 0 bridgehead atoms. The fourth-order valence-electron chi connectivity index (χ4n) is 3.03. The van der Waals surface area contributed by atoms with E-state index in [0.717, 1.165) is 11.0 Å². The molecule has 0 radical (unpaired) electrons. The molecule has 25 heavy (non-hydrogen) atoms. The number of aromatic nitrogens is 1. The first-order valence-electron chi connectivity index (χ1n) is 8.57. The first-order chi connectivity index (χ1) is 12.1. The summed E-state index contributed by atoms with van der Waals surface area (Å²) in [6, 6.07) is 14.7. The Hall–Kier alpha value is -2.66. The number of benzene rings is 2. The lowest BCUT2D eigenvalue weighted by Crippen LogP contribution is -2.30. The number of carbonyl (C=O) groups excluding carboxylic acids is 1. The monoisotopic (exact) mass is 338 g/mol. The van der Waals surface area contributed by atoms with Crippen molar-refractivity contribution in [3.63, 3.8) is 0 Å². The summed E-state index contributed by atoms with van der Waals surface area (Å²) in [4.78, 5) is 25.0. The molecule has 2 N–H and O–H groups in total. The van der Waals surface area contributed by atoms with Crippen molar-refractivity contribution in [1.82, 2.24) is 9.88 Å². The van der Waals surface area contributed by atoms with Crippen molar-refractivity contribution in [1.29, 1.82) is 0 Å². The SMILES string of the molecule is CCC(O)CCNC(=O)Cn1c2ccccc2c(=O)c2ccccc21.